The molecule has 3 N–H and O–H groups in total. The van der Waals surface area contributed by atoms with Gasteiger partial charge in [-0.05, 0) is 43.0 Å². The highest BCUT2D eigenvalue weighted by atomic mass is 15.2. The predicted molar refractivity (Wildman–Crippen MR) is 70.6 cm³/mol. The highest BCUT2D eigenvalue weighted by molar-refractivity contribution is 5.17. The quantitative estimate of drug-likeness (QED) is 0.614. The first-order valence-corrected chi connectivity index (χ1v) is 6.05. The standard InChI is InChI=1S/C13H19N5/c1-10-5-6-15-13(7-10)12(17-14)4-3-11-8-16-18(2)9-11/h5-9,12,17H,3-4,14H2,1-2H3. The highest BCUT2D eigenvalue weighted by Gasteiger charge is 2.11. The number of rotatable bonds is 5. The van der Waals surface area contributed by atoms with Crippen LogP contribution in [0.2, 0.25) is 0 Å². The summed E-state index contributed by atoms with van der Waals surface area (Å²) < 4.78 is 1.81. The fourth-order valence-electron chi connectivity index (χ4n) is 1.98. The molecule has 2 aromatic rings. The smallest absolute Gasteiger partial charge is 0.0635 e. The summed E-state index contributed by atoms with van der Waals surface area (Å²) in [6, 6.07) is 4.12. The minimum Gasteiger partial charge on any atom is -0.276 e. The van der Waals surface area contributed by atoms with Crippen LogP contribution in [0.25, 0.3) is 0 Å². The Labute approximate surface area is 107 Å². The van der Waals surface area contributed by atoms with Crippen LogP contribution < -0.4 is 11.3 Å². The summed E-state index contributed by atoms with van der Waals surface area (Å²) >= 11 is 0. The lowest BCUT2D eigenvalue weighted by molar-refractivity contribution is 0.504. The highest BCUT2D eigenvalue weighted by Crippen LogP contribution is 2.17. The number of nitrogens with one attached hydrogen (secondary N) is 1. The molecule has 0 amide bonds. The van der Waals surface area contributed by atoms with Crippen molar-refractivity contribution in [2.24, 2.45) is 12.9 Å². The van der Waals surface area contributed by atoms with E-state index >= 15 is 0 Å². The zero-order valence-corrected chi connectivity index (χ0v) is 10.8. The first-order chi connectivity index (χ1) is 8.69. The van der Waals surface area contributed by atoms with E-state index in [9.17, 15) is 0 Å². The molecule has 18 heavy (non-hydrogen) atoms. The average Bonchev–Trinajstić information content (AvgIpc) is 2.76. The van der Waals surface area contributed by atoms with Crippen molar-refractivity contribution in [1.29, 1.82) is 0 Å². The number of aromatic nitrogens is 3. The number of pyridine rings is 1. The molecule has 1 unspecified atom stereocenters. The number of hydrazine groups is 1. The zero-order valence-electron chi connectivity index (χ0n) is 10.8. The minimum absolute atomic E-state index is 0.0742. The fourth-order valence-corrected chi connectivity index (χ4v) is 1.98. The molecule has 0 radical (unpaired) electrons. The first kappa shape index (κ1) is 12.7. The van der Waals surface area contributed by atoms with E-state index in [0.717, 1.165) is 18.5 Å². The van der Waals surface area contributed by atoms with Crippen LogP contribution in [0.5, 0.6) is 0 Å². The molecule has 0 aliphatic heterocycles. The molecule has 0 spiro atoms. The van der Waals surface area contributed by atoms with Gasteiger partial charge in [-0.1, -0.05) is 0 Å². The second-order valence-corrected chi connectivity index (χ2v) is 4.54. The monoisotopic (exact) mass is 245 g/mol. The van der Waals surface area contributed by atoms with Crippen LogP contribution >= 0.6 is 0 Å². The van der Waals surface area contributed by atoms with E-state index in [1.54, 1.807) is 0 Å². The summed E-state index contributed by atoms with van der Waals surface area (Å²) in [7, 11) is 1.92. The number of hydrogen-bond donors (Lipinski definition) is 2. The Hall–Kier alpha value is -1.72. The third-order valence-corrected chi connectivity index (χ3v) is 2.97. The topological polar surface area (TPSA) is 68.8 Å². The van der Waals surface area contributed by atoms with E-state index in [-0.39, 0.29) is 6.04 Å². The maximum absolute atomic E-state index is 5.61. The minimum atomic E-state index is 0.0742. The Morgan fingerprint density at radius 1 is 1.50 bits per heavy atom. The van der Waals surface area contributed by atoms with Crippen molar-refractivity contribution in [3.05, 3.63) is 47.5 Å². The summed E-state index contributed by atoms with van der Waals surface area (Å²) in [6.07, 6.45) is 7.56. The van der Waals surface area contributed by atoms with Crippen molar-refractivity contribution in [1.82, 2.24) is 20.2 Å². The summed E-state index contributed by atoms with van der Waals surface area (Å²) in [5, 5.41) is 4.16. The van der Waals surface area contributed by atoms with Gasteiger partial charge >= 0.3 is 0 Å². The first-order valence-electron chi connectivity index (χ1n) is 6.05. The van der Waals surface area contributed by atoms with Gasteiger partial charge in [0.2, 0.25) is 0 Å². The van der Waals surface area contributed by atoms with Gasteiger partial charge in [0.15, 0.2) is 0 Å². The zero-order chi connectivity index (χ0) is 13.0. The molecular weight excluding hydrogens is 226 g/mol. The Morgan fingerprint density at radius 3 is 2.94 bits per heavy atom. The summed E-state index contributed by atoms with van der Waals surface area (Å²) in [6.45, 7) is 2.06. The van der Waals surface area contributed by atoms with Crippen molar-refractivity contribution in [2.45, 2.75) is 25.8 Å². The fraction of sp³-hybridized carbons (Fsp3) is 0.385. The van der Waals surface area contributed by atoms with Gasteiger partial charge in [-0.3, -0.25) is 20.9 Å². The van der Waals surface area contributed by atoms with Crippen molar-refractivity contribution in [2.75, 3.05) is 0 Å². The van der Waals surface area contributed by atoms with Gasteiger partial charge in [0.1, 0.15) is 0 Å². The maximum atomic E-state index is 5.61. The molecular formula is C13H19N5. The molecule has 1 atom stereocenters. The van der Waals surface area contributed by atoms with Crippen LogP contribution in [-0.2, 0) is 13.5 Å². The van der Waals surface area contributed by atoms with Gasteiger partial charge in [0.05, 0.1) is 17.9 Å². The van der Waals surface area contributed by atoms with Crippen LogP contribution in [-0.4, -0.2) is 14.8 Å². The van der Waals surface area contributed by atoms with E-state index in [1.165, 1.54) is 11.1 Å². The van der Waals surface area contributed by atoms with E-state index in [0.29, 0.717) is 0 Å². The van der Waals surface area contributed by atoms with E-state index < -0.39 is 0 Å². The second kappa shape index (κ2) is 5.75. The van der Waals surface area contributed by atoms with Crippen LogP contribution in [0.3, 0.4) is 0 Å². The lowest BCUT2D eigenvalue weighted by Gasteiger charge is -2.15. The van der Waals surface area contributed by atoms with Crippen LogP contribution in [0.1, 0.15) is 29.3 Å². The number of nitrogens with two attached hydrogens (primary N) is 1. The normalized spacial score (nSPS) is 12.6. The predicted octanol–water partition coefficient (Wildman–Crippen LogP) is 1.26. The van der Waals surface area contributed by atoms with Gasteiger partial charge in [-0.15, -0.1) is 0 Å². The SMILES string of the molecule is Cc1ccnc(C(CCc2cnn(C)c2)NN)c1. The summed E-state index contributed by atoms with van der Waals surface area (Å²) in [5.41, 5.74) is 6.23. The largest absolute Gasteiger partial charge is 0.276 e. The van der Waals surface area contributed by atoms with Crippen LogP contribution in [0, 0.1) is 6.92 Å². The van der Waals surface area contributed by atoms with E-state index in [2.05, 4.69) is 28.5 Å². The maximum Gasteiger partial charge on any atom is 0.0635 e. The van der Waals surface area contributed by atoms with Crippen LogP contribution in [0.4, 0.5) is 0 Å². The molecule has 0 aromatic carbocycles. The second-order valence-electron chi connectivity index (χ2n) is 4.54. The van der Waals surface area contributed by atoms with Gasteiger partial charge in [-0.2, -0.15) is 5.10 Å². The van der Waals surface area contributed by atoms with Gasteiger partial charge in [0, 0.05) is 19.4 Å². The number of hydrogen-bond acceptors (Lipinski definition) is 4. The van der Waals surface area contributed by atoms with E-state index in [1.807, 2.05) is 36.4 Å². The molecule has 2 heterocycles. The van der Waals surface area contributed by atoms with Crippen molar-refractivity contribution >= 4 is 0 Å². The third kappa shape index (κ3) is 3.15. The molecule has 5 nitrogen and oxygen atoms in total. The lowest BCUT2D eigenvalue weighted by atomic mass is 10.0. The van der Waals surface area contributed by atoms with Gasteiger partial charge < -0.3 is 0 Å². The molecule has 2 rings (SSSR count). The van der Waals surface area contributed by atoms with Crippen molar-refractivity contribution in [3.63, 3.8) is 0 Å². The Balaban J connectivity index is 2.01. The Kier molecular flexibility index (Phi) is 4.07. The molecule has 2 aromatic heterocycles. The van der Waals surface area contributed by atoms with Crippen molar-refractivity contribution in [3.8, 4) is 0 Å². The molecule has 0 saturated heterocycles. The molecule has 0 aliphatic rings. The molecule has 0 saturated carbocycles. The Morgan fingerprint density at radius 2 is 2.33 bits per heavy atom. The lowest BCUT2D eigenvalue weighted by Crippen LogP contribution is -2.29. The molecule has 5 heteroatoms. The molecule has 96 valence electrons. The van der Waals surface area contributed by atoms with Crippen molar-refractivity contribution < 1.29 is 0 Å². The summed E-state index contributed by atoms with van der Waals surface area (Å²) in [4.78, 5) is 4.36. The van der Waals surface area contributed by atoms with E-state index in [4.69, 9.17) is 5.84 Å². The van der Waals surface area contributed by atoms with Gasteiger partial charge in [0.25, 0.3) is 0 Å². The third-order valence-electron chi connectivity index (χ3n) is 2.97. The molecule has 0 fully saturated rings. The van der Waals surface area contributed by atoms with Crippen LogP contribution in [0.15, 0.2) is 30.7 Å². The molecule has 0 bridgehead atoms. The average molecular weight is 245 g/mol. The number of nitrogens with zero attached hydrogens (tertiary/aromatic N) is 3. The Bertz CT molecular complexity index is 506. The summed E-state index contributed by atoms with van der Waals surface area (Å²) in [5.74, 6) is 5.61. The van der Waals surface area contributed by atoms with Gasteiger partial charge in [-0.25, -0.2) is 0 Å². The number of aryl methyl sites for hydroxylation is 3. The molecule has 0 aliphatic carbocycles.